The molecular weight excluding hydrogens is 194 g/mol. The summed E-state index contributed by atoms with van der Waals surface area (Å²) in [5.74, 6) is -0.184. The van der Waals surface area contributed by atoms with Gasteiger partial charge in [0, 0.05) is 7.05 Å². The maximum absolute atomic E-state index is 10.8. The van der Waals surface area contributed by atoms with Gasteiger partial charge in [-0.05, 0) is 19.1 Å². The number of benzene rings is 1. The van der Waals surface area contributed by atoms with Crippen LogP contribution in [0.2, 0.25) is 0 Å². The monoisotopic (exact) mass is 209 g/mol. The number of likely N-dealkylation sites (N-methyl/N-ethyl adjacent to an activating group) is 1. The second kappa shape index (κ2) is 4.68. The highest BCUT2D eigenvalue weighted by Crippen LogP contribution is 2.27. The molecule has 0 aliphatic carbocycles. The molecule has 0 spiro atoms. The zero-order valence-corrected chi connectivity index (χ0v) is 9.10. The molecular formula is C11H15NO3. The fourth-order valence-corrected chi connectivity index (χ4v) is 1.30. The number of carbonyl (C=O) groups is 1. The van der Waals surface area contributed by atoms with Crippen molar-refractivity contribution in [3.8, 4) is 5.75 Å². The van der Waals surface area contributed by atoms with Crippen LogP contribution in [0, 0.1) is 0 Å². The van der Waals surface area contributed by atoms with E-state index in [1.165, 1.54) is 0 Å². The van der Waals surface area contributed by atoms with E-state index in [4.69, 9.17) is 9.84 Å². The summed E-state index contributed by atoms with van der Waals surface area (Å²) in [7, 11) is 3.30. The number of ether oxygens (including phenoxy) is 1. The van der Waals surface area contributed by atoms with E-state index in [2.05, 4.69) is 0 Å². The average Bonchev–Trinajstić information content (AvgIpc) is 2.26. The van der Waals surface area contributed by atoms with Crippen LogP contribution in [0.25, 0.3) is 0 Å². The van der Waals surface area contributed by atoms with E-state index in [-0.39, 0.29) is 0 Å². The second-order valence-electron chi connectivity index (χ2n) is 3.30. The van der Waals surface area contributed by atoms with Crippen molar-refractivity contribution in [2.75, 3.05) is 19.1 Å². The van der Waals surface area contributed by atoms with E-state index in [0.29, 0.717) is 5.75 Å². The lowest BCUT2D eigenvalue weighted by atomic mass is 10.2. The normalized spacial score (nSPS) is 11.9. The third-order valence-electron chi connectivity index (χ3n) is 2.40. The Morgan fingerprint density at radius 3 is 2.60 bits per heavy atom. The summed E-state index contributed by atoms with van der Waals surface area (Å²) in [4.78, 5) is 12.5. The highest BCUT2D eigenvalue weighted by molar-refractivity contribution is 5.78. The SMILES string of the molecule is COc1ccccc1N(C)[C@H](C)C(=O)O. The largest absolute Gasteiger partial charge is 0.495 e. The molecule has 1 aromatic carbocycles. The number of nitrogens with zero attached hydrogens (tertiary/aromatic N) is 1. The summed E-state index contributed by atoms with van der Waals surface area (Å²) >= 11 is 0. The Bertz CT molecular complexity index is 351. The first-order valence-electron chi connectivity index (χ1n) is 4.66. The maximum atomic E-state index is 10.8. The lowest BCUT2D eigenvalue weighted by Crippen LogP contribution is -2.35. The van der Waals surface area contributed by atoms with Crippen LogP contribution in [0.15, 0.2) is 24.3 Å². The van der Waals surface area contributed by atoms with Crippen LogP contribution in [0.4, 0.5) is 5.69 Å². The van der Waals surface area contributed by atoms with Crippen molar-refractivity contribution in [1.82, 2.24) is 0 Å². The molecule has 4 nitrogen and oxygen atoms in total. The van der Waals surface area contributed by atoms with Crippen LogP contribution in [0.5, 0.6) is 5.75 Å². The van der Waals surface area contributed by atoms with E-state index in [0.717, 1.165) is 5.69 Å². The molecule has 0 aromatic heterocycles. The van der Waals surface area contributed by atoms with Crippen LogP contribution in [-0.4, -0.2) is 31.3 Å². The molecule has 0 aliphatic heterocycles. The first kappa shape index (κ1) is 11.4. The Hall–Kier alpha value is -1.71. The number of para-hydroxylation sites is 2. The maximum Gasteiger partial charge on any atom is 0.326 e. The molecule has 15 heavy (non-hydrogen) atoms. The molecule has 0 unspecified atom stereocenters. The van der Waals surface area contributed by atoms with Gasteiger partial charge in [-0.25, -0.2) is 4.79 Å². The van der Waals surface area contributed by atoms with Gasteiger partial charge in [-0.15, -0.1) is 0 Å². The van der Waals surface area contributed by atoms with Crippen molar-refractivity contribution in [3.63, 3.8) is 0 Å². The van der Waals surface area contributed by atoms with Crippen LogP contribution in [-0.2, 0) is 4.79 Å². The summed E-state index contributed by atoms with van der Waals surface area (Å²) in [6.45, 7) is 1.63. The quantitative estimate of drug-likeness (QED) is 0.818. The summed E-state index contributed by atoms with van der Waals surface area (Å²) in [5, 5.41) is 8.89. The number of hydrogen-bond donors (Lipinski definition) is 1. The van der Waals surface area contributed by atoms with Crippen LogP contribution < -0.4 is 9.64 Å². The summed E-state index contributed by atoms with van der Waals surface area (Å²) in [6.07, 6.45) is 0. The minimum atomic E-state index is -0.858. The molecule has 1 rings (SSSR count). The molecule has 4 heteroatoms. The van der Waals surface area contributed by atoms with Gasteiger partial charge in [0.2, 0.25) is 0 Å². The van der Waals surface area contributed by atoms with Crippen molar-refractivity contribution in [2.45, 2.75) is 13.0 Å². The highest BCUT2D eigenvalue weighted by atomic mass is 16.5. The van der Waals surface area contributed by atoms with E-state index in [1.54, 1.807) is 32.0 Å². The minimum Gasteiger partial charge on any atom is -0.495 e. The van der Waals surface area contributed by atoms with Gasteiger partial charge in [0.05, 0.1) is 12.8 Å². The van der Waals surface area contributed by atoms with Gasteiger partial charge in [-0.1, -0.05) is 12.1 Å². The summed E-state index contributed by atoms with van der Waals surface area (Å²) < 4.78 is 5.16. The average molecular weight is 209 g/mol. The van der Waals surface area contributed by atoms with Crippen LogP contribution in [0.3, 0.4) is 0 Å². The minimum absolute atomic E-state index is 0.582. The molecule has 0 amide bonds. The standard InChI is InChI=1S/C11H15NO3/c1-8(11(13)14)12(2)9-6-4-5-7-10(9)15-3/h4-8H,1-3H3,(H,13,14)/t8-/m1/s1. The predicted octanol–water partition coefficient (Wildman–Crippen LogP) is 1.60. The van der Waals surface area contributed by atoms with Gasteiger partial charge in [-0.2, -0.15) is 0 Å². The van der Waals surface area contributed by atoms with Crippen LogP contribution in [0.1, 0.15) is 6.92 Å². The van der Waals surface area contributed by atoms with E-state index >= 15 is 0 Å². The molecule has 82 valence electrons. The zero-order valence-electron chi connectivity index (χ0n) is 9.10. The van der Waals surface area contributed by atoms with Gasteiger partial charge >= 0.3 is 5.97 Å². The Morgan fingerprint density at radius 2 is 2.07 bits per heavy atom. The fourth-order valence-electron chi connectivity index (χ4n) is 1.30. The van der Waals surface area contributed by atoms with E-state index in [1.807, 2.05) is 18.2 Å². The molecule has 0 fully saturated rings. The van der Waals surface area contributed by atoms with Crippen molar-refractivity contribution in [2.24, 2.45) is 0 Å². The molecule has 0 heterocycles. The second-order valence-corrected chi connectivity index (χ2v) is 3.30. The van der Waals surface area contributed by atoms with Crippen molar-refractivity contribution in [3.05, 3.63) is 24.3 Å². The molecule has 0 bridgehead atoms. The van der Waals surface area contributed by atoms with Gasteiger partial charge in [0.15, 0.2) is 0 Å². The number of hydrogen-bond acceptors (Lipinski definition) is 3. The van der Waals surface area contributed by atoms with Crippen molar-refractivity contribution < 1.29 is 14.6 Å². The molecule has 1 aromatic rings. The first-order valence-corrected chi connectivity index (χ1v) is 4.66. The molecule has 0 radical (unpaired) electrons. The van der Waals surface area contributed by atoms with Crippen molar-refractivity contribution in [1.29, 1.82) is 0 Å². The van der Waals surface area contributed by atoms with Crippen molar-refractivity contribution >= 4 is 11.7 Å². The Morgan fingerprint density at radius 1 is 1.47 bits per heavy atom. The topological polar surface area (TPSA) is 49.8 Å². The predicted molar refractivity (Wildman–Crippen MR) is 58.5 cm³/mol. The molecule has 0 aliphatic rings. The van der Waals surface area contributed by atoms with Crippen LogP contribution >= 0.6 is 0 Å². The Kier molecular flexibility index (Phi) is 3.55. The van der Waals surface area contributed by atoms with E-state index < -0.39 is 12.0 Å². The number of anilines is 1. The third kappa shape index (κ3) is 2.40. The molecule has 0 saturated heterocycles. The van der Waals surface area contributed by atoms with E-state index in [9.17, 15) is 4.79 Å². The lowest BCUT2D eigenvalue weighted by molar-refractivity contribution is -0.138. The van der Waals surface area contributed by atoms with Gasteiger partial charge in [0.1, 0.15) is 11.8 Å². The smallest absolute Gasteiger partial charge is 0.326 e. The summed E-state index contributed by atoms with van der Waals surface area (Å²) in [5.41, 5.74) is 0.773. The number of aliphatic carboxylic acids is 1. The van der Waals surface area contributed by atoms with Gasteiger partial charge in [0.25, 0.3) is 0 Å². The highest BCUT2D eigenvalue weighted by Gasteiger charge is 2.19. The molecule has 1 atom stereocenters. The van der Waals surface area contributed by atoms with Gasteiger partial charge < -0.3 is 14.7 Å². The fraction of sp³-hybridized carbons (Fsp3) is 0.364. The zero-order chi connectivity index (χ0) is 11.4. The number of methoxy groups -OCH3 is 1. The molecule has 1 N–H and O–H groups in total. The first-order chi connectivity index (χ1) is 7.07. The number of rotatable bonds is 4. The lowest BCUT2D eigenvalue weighted by Gasteiger charge is -2.25. The Labute approximate surface area is 89.1 Å². The van der Waals surface area contributed by atoms with Gasteiger partial charge in [-0.3, -0.25) is 0 Å². The molecule has 0 saturated carbocycles. The summed E-state index contributed by atoms with van der Waals surface area (Å²) in [6, 6.07) is 6.75. The number of carboxylic acids is 1. The third-order valence-corrected chi connectivity index (χ3v) is 2.40. The number of carboxylic acid groups (broad SMARTS) is 1. The Balaban J connectivity index is 2.99.